The Bertz CT molecular complexity index is 888. The van der Waals surface area contributed by atoms with Gasteiger partial charge < -0.3 is 9.64 Å². The second-order valence-electron chi connectivity index (χ2n) is 7.53. The summed E-state index contributed by atoms with van der Waals surface area (Å²) in [6, 6.07) is 4.38. The average Bonchev–Trinajstić information content (AvgIpc) is 2.67. The number of morpholine rings is 1. The molecule has 0 aliphatic carbocycles. The van der Waals surface area contributed by atoms with Crippen LogP contribution in [-0.4, -0.2) is 84.2 Å². The highest BCUT2D eigenvalue weighted by Gasteiger charge is 2.37. The number of carbonyl (C=O) groups is 1. The fourth-order valence-corrected chi connectivity index (χ4v) is 5.47. The lowest BCUT2D eigenvalue weighted by molar-refractivity contribution is -0.385. The molecular weight excluding hydrogens is 400 g/mol. The lowest BCUT2D eigenvalue weighted by Gasteiger charge is -2.40. The Hall–Kier alpha value is -2.08. The van der Waals surface area contributed by atoms with Crippen LogP contribution in [0.15, 0.2) is 18.2 Å². The molecule has 0 unspecified atom stereocenters. The third kappa shape index (κ3) is 4.58. The van der Waals surface area contributed by atoms with E-state index < -0.39 is 15.1 Å². The molecule has 10 nitrogen and oxygen atoms in total. The van der Waals surface area contributed by atoms with Crippen molar-refractivity contribution in [3.63, 3.8) is 0 Å². The minimum absolute atomic E-state index is 0.104. The summed E-state index contributed by atoms with van der Waals surface area (Å²) in [4.78, 5) is 24.9. The SMILES string of the molecule is Cc1ccc(C(=O)N2CCN(S(=O)(=O)N3C[C@@H](C)O[C@@H](C)C3)CC2)cc1[N+](=O)[O-]. The number of hydrogen-bond donors (Lipinski definition) is 0. The molecule has 160 valence electrons. The van der Waals surface area contributed by atoms with Crippen molar-refractivity contribution in [3.05, 3.63) is 39.4 Å². The smallest absolute Gasteiger partial charge is 0.282 e. The first kappa shape index (κ1) is 21.6. The molecule has 29 heavy (non-hydrogen) atoms. The van der Waals surface area contributed by atoms with Gasteiger partial charge in [0.25, 0.3) is 21.8 Å². The second kappa shape index (κ2) is 8.34. The molecule has 2 atom stereocenters. The van der Waals surface area contributed by atoms with E-state index in [4.69, 9.17) is 4.74 Å². The molecule has 0 spiro atoms. The minimum atomic E-state index is -3.63. The predicted octanol–water partition coefficient (Wildman–Crippen LogP) is 1.02. The molecule has 0 bridgehead atoms. The van der Waals surface area contributed by atoms with Crippen LogP contribution in [0, 0.1) is 17.0 Å². The van der Waals surface area contributed by atoms with Crippen molar-refractivity contribution in [1.82, 2.24) is 13.5 Å². The van der Waals surface area contributed by atoms with Crippen LogP contribution in [0.5, 0.6) is 0 Å². The van der Waals surface area contributed by atoms with Gasteiger partial charge in [0, 0.05) is 56.5 Å². The van der Waals surface area contributed by atoms with E-state index in [9.17, 15) is 23.3 Å². The molecule has 1 aromatic rings. The van der Waals surface area contributed by atoms with Crippen molar-refractivity contribution in [1.29, 1.82) is 0 Å². The first-order valence-corrected chi connectivity index (χ1v) is 10.9. The van der Waals surface area contributed by atoms with Gasteiger partial charge in [-0.3, -0.25) is 14.9 Å². The van der Waals surface area contributed by atoms with Gasteiger partial charge in [-0.15, -0.1) is 0 Å². The van der Waals surface area contributed by atoms with Crippen LogP contribution in [0.3, 0.4) is 0 Å². The summed E-state index contributed by atoms with van der Waals surface area (Å²) in [6.07, 6.45) is -0.345. The molecule has 0 N–H and O–H groups in total. The van der Waals surface area contributed by atoms with Crippen LogP contribution in [0.25, 0.3) is 0 Å². The second-order valence-corrected chi connectivity index (χ2v) is 9.46. The standard InChI is InChI=1S/C18H26N4O6S/c1-13-4-5-16(10-17(13)22(24)25)18(23)19-6-8-20(9-7-19)29(26,27)21-11-14(2)28-15(3)12-21/h4-5,10,14-15H,6-9,11-12H2,1-3H3/t14-,15+. The molecular formula is C18H26N4O6S. The Balaban J connectivity index is 1.66. The predicted molar refractivity (Wildman–Crippen MR) is 106 cm³/mol. The van der Waals surface area contributed by atoms with E-state index in [1.807, 2.05) is 13.8 Å². The largest absolute Gasteiger partial charge is 0.373 e. The highest BCUT2D eigenvalue weighted by molar-refractivity contribution is 7.86. The maximum Gasteiger partial charge on any atom is 0.282 e. The fourth-order valence-electron chi connectivity index (χ4n) is 3.73. The number of benzene rings is 1. The molecule has 2 aliphatic heterocycles. The van der Waals surface area contributed by atoms with Gasteiger partial charge in [-0.2, -0.15) is 17.0 Å². The number of piperazine rings is 1. The molecule has 1 amide bonds. The van der Waals surface area contributed by atoms with Gasteiger partial charge in [0.1, 0.15) is 0 Å². The summed E-state index contributed by atoms with van der Waals surface area (Å²) < 4.78 is 34.3. The number of nitro groups is 1. The zero-order valence-corrected chi connectivity index (χ0v) is 17.6. The van der Waals surface area contributed by atoms with Crippen molar-refractivity contribution in [2.24, 2.45) is 0 Å². The summed E-state index contributed by atoms with van der Waals surface area (Å²) in [5.74, 6) is -0.334. The number of aryl methyl sites for hydroxylation is 1. The molecule has 1 aromatic carbocycles. The summed E-state index contributed by atoms with van der Waals surface area (Å²) in [5.41, 5.74) is 0.610. The molecule has 2 aliphatic rings. The highest BCUT2D eigenvalue weighted by atomic mass is 32.2. The number of carbonyl (C=O) groups excluding carboxylic acids is 1. The van der Waals surface area contributed by atoms with Gasteiger partial charge >= 0.3 is 0 Å². The zero-order chi connectivity index (χ0) is 21.3. The number of amides is 1. The minimum Gasteiger partial charge on any atom is -0.373 e. The van der Waals surface area contributed by atoms with Crippen molar-refractivity contribution in [2.45, 2.75) is 33.0 Å². The van der Waals surface area contributed by atoms with Gasteiger partial charge in [0.15, 0.2) is 0 Å². The van der Waals surface area contributed by atoms with Gasteiger partial charge in [-0.05, 0) is 26.8 Å². The lowest BCUT2D eigenvalue weighted by atomic mass is 10.1. The van der Waals surface area contributed by atoms with Crippen molar-refractivity contribution in [3.8, 4) is 0 Å². The normalized spacial score (nSPS) is 24.4. The van der Waals surface area contributed by atoms with Crippen LogP contribution < -0.4 is 0 Å². The quantitative estimate of drug-likeness (QED) is 0.525. The van der Waals surface area contributed by atoms with Crippen LogP contribution in [0.1, 0.15) is 29.8 Å². The average molecular weight is 426 g/mol. The first-order valence-electron chi connectivity index (χ1n) is 9.54. The topological polar surface area (TPSA) is 113 Å². The highest BCUT2D eigenvalue weighted by Crippen LogP contribution is 2.22. The van der Waals surface area contributed by atoms with Crippen molar-refractivity contribution >= 4 is 21.8 Å². The third-order valence-electron chi connectivity index (χ3n) is 5.22. The molecule has 2 fully saturated rings. The Morgan fingerprint density at radius 3 is 2.24 bits per heavy atom. The monoisotopic (exact) mass is 426 g/mol. The molecule has 2 saturated heterocycles. The van der Waals surface area contributed by atoms with E-state index in [-0.39, 0.29) is 55.5 Å². The molecule has 0 radical (unpaired) electrons. The van der Waals surface area contributed by atoms with Crippen molar-refractivity contribution in [2.75, 3.05) is 39.3 Å². The third-order valence-corrected chi connectivity index (χ3v) is 7.19. The van der Waals surface area contributed by atoms with E-state index in [2.05, 4.69) is 0 Å². The Kier molecular flexibility index (Phi) is 6.22. The Labute approximate surface area is 170 Å². The van der Waals surface area contributed by atoms with Gasteiger partial charge in [-0.1, -0.05) is 6.07 Å². The lowest BCUT2D eigenvalue weighted by Crippen LogP contribution is -2.57. The van der Waals surface area contributed by atoms with Crippen molar-refractivity contribution < 1.29 is 22.9 Å². The van der Waals surface area contributed by atoms with Gasteiger partial charge in [0.05, 0.1) is 17.1 Å². The zero-order valence-electron chi connectivity index (χ0n) is 16.8. The van der Waals surface area contributed by atoms with E-state index in [0.717, 1.165) is 0 Å². The van der Waals surface area contributed by atoms with Crippen LogP contribution >= 0.6 is 0 Å². The maximum absolute atomic E-state index is 13.0. The van der Waals surface area contributed by atoms with Gasteiger partial charge in [-0.25, -0.2) is 0 Å². The fraction of sp³-hybridized carbons (Fsp3) is 0.611. The van der Waals surface area contributed by atoms with Crippen LogP contribution in [-0.2, 0) is 14.9 Å². The summed E-state index contributed by atoms with van der Waals surface area (Å²) in [6.45, 7) is 6.74. The summed E-state index contributed by atoms with van der Waals surface area (Å²) >= 11 is 0. The molecule has 3 rings (SSSR count). The van der Waals surface area contributed by atoms with E-state index in [1.165, 1.54) is 19.6 Å². The molecule has 11 heteroatoms. The number of nitro benzene ring substituents is 1. The van der Waals surface area contributed by atoms with Crippen LogP contribution in [0.4, 0.5) is 5.69 Å². The van der Waals surface area contributed by atoms with E-state index in [1.54, 1.807) is 19.1 Å². The first-order chi connectivity index (χ1) is 13.6. The number of nitrogens with zero attached hydrogens (tertiary/aromatic N) is 4. The Morgan fingerprint density at radius 1 is 1.10 bits per heavy atom. The molecule has 2 heterocycles. The summed E-state index contributed by atoms with van der Waals surface area (Å²) in [7, 11) is -3.63. The van der Waals surface area contributed by atoms with Gasteiger partial charge in [0.2, 0.25) is 0 Å². The van der Waals surface area contributed by atoms with E-state index in [0.29, 0.717) is 18.7 Å². The van der Waals surface area contributed by atoms with E-state index >= 15 is 0 Å². The summed E-state index contributed by atoms with van der Waals surface area (Å²) in [5, 5.41) is 11.1. The number of rotatable bonds is 4. The molecule has 0 saturated carbocycles. The Morgan fingerprint density at radius 2 is 1.69 bits per heavy atom. The number of ether oxygens (including phenoxy) is 1. The molecule has 0 aromatic heterocycles. The maximum atomic E-state index is 13.0. The number of hydrogen-bond acceptors (Lipinski definition) is 6. The van der Waals surface area contributed by atoms with Crippen LogP contribution in [0.2, 0.25) is 0 Å².